The lowest BCUT2D eigenvalue weighted by molar-refractivity contribution is 0.0958. The van der Waals surface area contributed by atoms with Gasteiger partial charge in [-0.05, 0) is 50.1 Å². The molecular weight excluding hydrogens is 392 g/mol. The predicted octanol–water partition coefficient (Wildman–Crippen LogP) is 2.01. The molecule has 1 saturated heterocycles. The molecule has 0 saturated carbocycles. The number of aryl methyl sites for hydroxylation is 1. The van der Waals surface area contributed by atoms with Crippen molar-refractivity contribution >= 4 is 22.6 Å². The number of aromatic nitrogens is 3. The summed E-state index contributed by atoms with van der Waals surface area (Å²) in [6.07, 6.45) is 3.68. The minimum Gasteiger partial charge on any atom is -0.367 e. The number of rotatable bonds is 4. The van der Waals surface area contributed by atoms with Crippen molar-refractivity contribution in [1.29, 1.82) is 0 Å². The molecule has 0 bridgehead atoms. The Morgan fingerprint density at radius 1 is 1.19 bits per heavy atom. The highest BCUT2D eigenvalue weighted by Gasteiger charge is 2.24. The van der Waals surface area contributed by atoms with Crippen LogP contribution in [0.1, 0.15) is 34.1 Å². The zero-order chi connectivity index (χ0) is 22.1. The molecule has 3 aromatic heterocycles. The van der Waals surface area contributed by atoms with Gasteiger partial charge < -0.3 is 15.2 Å². The van der Waals surface area contributed by atoms with Crippen molar-refractivity contribution in [3.63, 3.8) is 0 Å². The highest BCUT2D eigenvalue weighted by molar-refractivity contribution is 5.92. The van der Waals surface area contributed by atoms with Crippen LogP contribution in [0.2, 0.25) is 0 Å². The summed E-state index contributed by atoms with van der Waals surface area (Å²) in [5.74, 6) is -0.180. The van der Waals surface area contributed by atoms with Crippen LogP contribution in [-0.4, -0.2) is 58.5 Å². The van der Waals surface area contributed by atoms with E-state index in [1.54, 1.807) is 19.3 Å². The van der Waals surface area contributed by atoms with Crippen LogP contribution in [0, 0.1) is 13.8 Å². The summed E-state index contributed by atoms with van der Waals surface area (Å²) in [5, 5.41) is 2.59. The number of hydrogen-bond acceptors (Lipinski definition) is 6. The fourth-order valence-electron chi connectivity index (χ4n) is 4.09. The number of piperazine rings is 1. The lowest BCUT2D eigenvalue weighted by Gasteiger charge is -2.41. The molecule has 162 valence electrons. The van der Waals surface area contributed by atoms with Gasteiger partial charge in [-0.1, -0.05) is 0 Å². The molecule has 1 aliphatic rings. The third kappa shape index (κ3) is 4.16. The molecule has 1 aliphatic heterocycles. The summed E-state index contributed by atoms with van der Waals surface area (Å²) >= 11 is 0. The smallest absolute Gasteiger partial charge is 0.269 e. The van der Waals surface area contributed by atoms with Crippen molar-refractivity contribution in [1.82, 2.24) is 25.2 Å². The number of H-pyrrole nitrogens is 1. The molecule has 2 N–H and O–H groups in total. The third-order valence-electron chi connectivity index (χ3n) is 6.17. The Balaban J connectivity index is 1.45. The maximum absolute atomic E-state index is 12.1. The number of nitrogens with one attached hydrogen (secondary N) is 2. The van der Waals surface area contributed by atoms with E-state index in [-0.39, 0.29) is 11.5 Å². The van der Waals surface area contributed by atoms with Crippen LogP contribution in [0.25, 0.3) is 11.0 Å². The van der Waals surface area contributed by atoms with E-state index in [1.807, 2.05) is 32.2 Å². The van der Waals surface area contributed by atoms with Crippen molar-refractivity contribution < 1.29 is 4.79 Å². The van der Waals surface area contributed by atoms with Gasteiger partial charge in [0.2, 0.25) is 0 Å². The molecule has 31 heavy (non-hydrogen) atoms. The second-order valence-corrected chi connectivity index (χ2v) is 8.19. The zero-order valence-electron chi connectivity index (χ0n) is 18.4. The van der Waals surface area contributed by atoms with E-state index in [4.69, 9.17) is 0 Å². The summed E-state index contributed by atoms with van der Waals surface area (Å²) in [4.78, 5) is 40.4. The van der Waals surface area contributed by atoms with E-state index in [0.29, 0.717) is 11.7 Å². The van der Waals surface area contributed by atoms with Crippen molar-refractivity contribution in [3.8, 4) is 0 Å². The number of aromatic amines is 1. The lowest BCUT2D eigenvalue weighted by Crippen LogP contribution is -2.51. The highest BCUT2D eigenvalue weighted by atomic mass is 16.1. The van der Waals surface area contributed by atoms with E-state index in [2.05, 4.69) is 37.0 Å². The Bertz CT molecular complexity index is 1170. The van der Waals surface area contributed by atoms with Crippen LogP contribution < -0.4 is 15.8 Å². The first-order valence-corrected chi connectivity index (χ1v) is 10.5. The molecule has 4 rings (SSSR count). The average molecular weight is 421 g/mol. The molecule has 1 atom stereocenters. The van der Waals surface area contributed by atoms with Crippen LogP contribution in [0.5, 0.6) is 0 Å². The van der Waals surface area contributed by atoms with Crippen LogP contribution in [0.3, 0.4) is 0 Å². The van der Waals surface area contributed by atoms with E-state index in [0.717, 1.165) is 59.6 Å². The van der Waals surface area contributed by atoms with Crippen molar-refractivity contribution in [2.75, 3.05) is 31.6 Å². The van der Waals surface area contributed by atoms with Gasteiger partial charge in [-0.15, -0.1) is 0 Å². The predicted molar refractivity (Wildman–Crippen MR) is 122 cm³/mol. The molecule has 0 unspecified atom stereocenters. The fourth-order valence-corrected chi connectivity index (χ4v) is 4.09. The van der Waals surface area contributed by atoms with Gasteiger partial charge in [0.1, 0.15) is 5.69 Å². The van der Waals surface area contributed by atoms with Gasteiger partial charge in [0.25, 0.3) is 11.5 Å². The minimum atomic E-state index is -0.180. The van der Waals surface area contributed by atoms with Crippen LogP contribution in [-0.2, 0) is 6.54 Å². The number of anilines is 1. The van der Waals surface area contributed by atoms with Gasteiger partial charge in [0.15, 0.2) is 0 Å². The number of amides is 1. The largest absolute Gasteiger partial charge is 0.367 e. The first-order valence-electron chi connectivity index (χ1n) is 10.5. The third-order valence-corrected chi connectivity index (χ3v) is 6.17. The standard InChI is InChI=1S/C23H28N6O2/c1-14-12-29(18-5-6-19(25-11-18)23(31)24-4)8-7-28(14)13-17-9-20-21(26-10-17)15(2)16(3)22(30)27-20/h5-6,9-11,14H,7-8,12-13H2,1-4H3,(H,24,31)(H,27,30)/t14-/m0/s1. The van der Waals surface area contributed by atoms with E-state index in [9.17, 15) is 9.59 Å². The number of pyridine rings is 3. The molecule has 0 spiro atoms. The molecule has 1 fully saturated rings. The molecule has 0 aliphatic carbocycles. The molecule has 0 aromatic carbocycles. The number of carbonyl (C=O) groups excluding carboxylic acids is 1. The SMILES string of the molecule is CNC(=O)c1ccc(N2CCN(Cc3cnc4c(C)c(C)c(=O)[nH]c4c3)[C@@H](C)C2)cn1. The maximum Gasteiger partial charge on any atom is 0.269 e. The van der Waals surface area contributed by atoms with Crippen molar-refractivity contribution in [2.24, 2.45) is 0 Å². The van der Waals surface area contributed by atoms with Gasteiger partial charge in [0.05, 0.1) is 22.9 Å². The van der Waals surface area contributed by atoms with Crippen molar-refractivity contribution in [3.05, 3.63) is 63.3 Å². The first kappa shape index (κ1) is 21.0. The van der Waals surface area contributed by atoms with Gasteiger partial charge in [-0.3, -0.25) is 19.5 Å². The summed E-state index contributed by atoms with van der Waals surface area (Å²) < 4.78 is 0. The second-order valence-electron chi connectivity index (χ2n) is 8.19. The van der Waals surface area contributed by atoms with Gasteiger partial charge in [-0.2, -0.15) is 0 Å². The maximum atomic E-state index is 12.1. The lowest BCUT2D eigenvalue weighted by atomic mass is 10.1. The van der Waals surface area contributed by atoms with E-state index in [1.165, 1.54) is 0 Å². The normalized spacial score (nSPS) is 17.2. The van der Waals surface area contributed by atoms with E-state index < -0.39 is 0 Å². The monoisotopic (exact) mass is 420 g/mol. The van der Waals surface area contributed by atoms with Crippen molar-refractivity contribution in [2.45, 2.75) is 33.4 Å². The summed E-state index contributed by atoms with van der Waals surface area (Å²) in [5.41, 5.74) is 5.77. The quantitative estimate of drug-likeness (QED) is 0.671. The molecule has 1 amide bonds. The number of hydrogen-bond donors (Lipinski definition) is 2. The molecule has 8 heteroatoms. The fraction of sp³-hybridized carbons (Fsp3) is 0.391. The average Bonchev–Trinajstić information content (AvgIpc) is 2.78. The summed E-state index contributed by atoms with van der Waals surface area (Å²) in [6, 6.07) is 6.09. The van der Waals surface area contributed by atoms with Crippen LogP contribution in [0.4, 0.5) is 5.69 Å². The summed E-state index contributed by atoms with van der Waals surface area (Å²) in [7, 11) is 1.60. The second kappa shape index (κ2) is 8.47. The molecule has 8 nitrogen and oxygen atoms in total. The zero-order valence-corrected chi connectivity index (χ0v) is 18.4. The van der Waals surface area contributed by atoms with Gasteiger partial charge >= 0.3 is 0 Å². The molecule has 0 radical (unpaired) electrons. The Hall–Kier alpha value is -3.26. The highest BCUT2D eigenvalue weighted by Crippen LogP contribution is 2.22. The minimum absolute atomic E-state index is 0.0537. The number of carbonyl (C=O) groups is 1. The number of nitrogens with zero attached hydrogens (tertiary/aromatic N) is 4. The van der Waals surface area contributed by atoms with Crippen LogP contribution >= 0.6 is 0 Å². The van der Waals surface area contributed by atoms with Gasteiger partial charge in [0, 0.05) is 51.0 Å². The van der Waals surface area contributed by atoms with Gasteiger partial charge in [-0.25, -0.2) is 4.98 Å². The van der Waals surface area contributed by atoms with Crippen LogP contribution in [0.15, 0.2) is 35.4 Å². The summed E-state index contributed by atoms with van der Waals surface area (Å²) in [6.45, 7) is 9.41. The Kier molecular flexibility index (Phi) is 5.73. The molecule has 4 heterocycles. The Morgan fingerprint density at radius 3 is 2.68 bits per heavy atom. The molecule has 3 aromatic rings. The Labute approximate surface area is 181 Å². The first-order chi connectivity index (χ1) is 14.9. The Morgan fingerprint density at radius 2 is 2.00 bits per heavy atom. The number of fused-ring (bicyclic) bond motifs is 1. The topological polar surface area (TPSA) is 94.2 Å². The molecular formula is C23H28N6O2. The van der Waals surface area contributed by atoms with E-state index >= 15 is 0 Å².